The molecule has 1 atom stereocenters. The van der Waals surface area contributed by atoms with Gasteiger partial charge in [0.1, 0.15) is 5.69 Å². The van der Waals surface area contributed by atoms with Crippen LogP contribution in [0.5, 0.6) is 0 Å². The molecule has 2 aromatic heterocycles. The molecule has 1 N–H and O–H groups in total. The van der Waals surface area contributed by atoms with E-state index in [1.165, 1.54) is 6.20 Å². The van der Waals surface area contributed by atoms with Crippen molar-refractivity contribution in [1.82, 2.24) is 20.1 Å². The number of fused-ring (bicyclic) bond motifs is 1. The number of hydrogen-bond donors (Lipinski definition) is 1. The Hall–Kier alpha value is -3.17. The quantitative estimate of drug-likeness (QED) is 0.372. The highest BCUT2D eigenvalue weighted by Crippen LogP contribution is 2.24. The molecule has 0 saturated carbocycles. The molecule has 31 heavy (non-hydrogen) atoms. The van der Waals surface area contributed by atoms with Crippen LogP contribution in [0.4, 0.5) is 13.2 Å². The van der Waals surface area contributed by atoms with Crippen molar-refractivity contribution in [2.24, 2.45) is 4.99 Å². The lowest BCUT2D eigenvalue weighted by Gasteiger charge is -2.14. The average Bonchev–Trinajstić information content (AvgIpc) is 3.10. The highest BCUT2D eigenvalue weighted by atomic mass is 19.4. The highest BCUT2D eigenvalue weighted by Gasteiger charge is 2.29. The minimum atomic E-state index is -4.47. The fraction of sp³-hybridized carbons (Fsp3) is 0.429. The zero-order valence-electron chi connectivity index (χ0n) is 18.1. The second-order valence-corrected chi connectivity index (χ2v) is 7.44. The van der Waals surface area contributed by atoms with Gasteiger partial charge in [0.05, 0.1) is 16.9 Å². The number of halogens is 3. The molecule has 2 aromatic rings. The SMILES string of the molecule is C=N/C(OCC(F)(F)F)=C(C)\C=C(/C)C(C)n1cc2c(C(=O)NC(C)C)nccc2n1. The van der Waals surface area contributed by atoms with Gasteiger partial charge in [0, 0.05) is 24.0 Å². The van der Waals surface area contributed by atoms with Crippen LogP contribution in [0.1, 0.15) is 51.1 Å². The van der Waals surface area contributed by atoms with Crippen LogP contribution < -0.4 is 5.32 Å². The van der Waals surface area contributed by atoms with E-state index in [9.17, 15) is 18.0 Å². The minimum absolute atomic E-state index is 0.0364. The monoisotopic (exact) mass is 437 g/mol. The van der Waals surface area contributed by atoms with Crippen molar-refractivity contribution >= 4 is 23.5 Å². The van der Waals surface area contributed by atoms with Crippen LogP contribution in [0.25, 0.3) is 10.9 Å². The van der Waals surface area contributed by atoms with Gasteiger partial charge in [-0.1, -0.05) is 6.08 Å². The van der Waals surface area contributed by atoms with Gasteiger partial charge in [-0.25, -0.2) is 4.99 Å². The zero-order chi connectivity index (χ0) is 23.3. The van der Waals surface area contributed by atoms with Gasteiger partial charge >= 0.3 is 6.18 Å². The van der Waals surface area contributed by atoms with Crippen LogP contribution in [-0.4, -0.2) is 46.2 Å². The molecule has 0 aliphatic carbocycles. The molecule has 0 saturated heterocycles. The fourth-order valence-corrected chi connectivity index (χ4v) is 2.84. The summed E-state index contributed by atoms with van der Waals surface area (Å²) in [5.74, 6) is -0.478. The Balaban J connectivity index is 2.33. The first kappa shape index (κ1) is 24.1. The van der Waals surface area contributed by atoms with Crippen LogP contribution in [0.3, 0.4) is 0 Å². The first-order chi connectivity index (χ1) is 14.4. The average molecular weight is 437 g/mol. The van der Waals surface area contributed by atoms with E-state index >= 15 is 0 Å². The Kier molecular flexibility index (Phi) is 7.59. The normalized spacial score (nSPS) is 14.4. The third kappa shape index (κ3) is 6.40. The van der Waals surface area contributed by atoms with Gasteiger partial charge in [0.15, 0.2) is 6.61 Å². The second-order valence-electron chi connectivity index (χ2n) is 7.44. The number of aliphatic imine (C=N–C) groups is 1. The standard InChI is InChI=1S/C21H26F3N5O2/c1-12(2)27-19(30)18-16-10-29(28-17(16)7-8-26-18)15(5)13(3)9-14(4)20(25-6)31-11-21(22,23)24/h7-10,12,15H,6,11H2,1-5H3,(H,27,30)/b13-9+,20-14+. The largest absolute Gasteiger partial charge is 0.468 e. The van der Waals surface area contributed by atoms with Crippen molar-refractivity contribution in [3.63, 3.8) is 0 Å². The molecule has 0 radical (unpaired) electrons. The molecule has 10 heteroatoms. The Labute approximate surface area is 178 Å². The maximum atomic E-state index is 12.4. The van der Waals surface area contributed by atoms with Crippen LogP contribution in [0.2, 0.25) is 0 Å². The Morgan fingerprint density at radius 2 is 2.03 bits per heavy atom. The lowest BCUT2D eigenvalue weighted by molar-refractivity contribution is -0.165. The summed E-state index contributed by atoms with van der Waals surface area (Å²) in [6, 6.07) is 1.42. The van der Waals surface area contributed by atoms with Gasteiger partial charge in [-0.2, -0.15) is 18.3 Å². The number of rotatable bonds is 8. The van der Waals surface area contributed by atoms with Gasteiger partial charge in [-0.05, 0) is 53.0 Å². The van der Waals surface area contributed by atoms with Crippen molar-refractivity contribution in [2.45, 2.75) is 52.9 Å². The lowest BCUT2D eigenvalue weighted by atomic mass is 10.1. The van der Waals surface area contributed by atoms with Gasteiger partial charge in [-0.15, -0.1) is 0 Å². The maximum absolute atomic E-state index is 12.4. The van der Waals surface area contributed by atoms with Crippen molar-refractivity contribution in [1.29, 1.82) is 0 Å². The molecule has 2 heterocycles. The highest BCUT2D eigenvalue weighted by molar-refractivity contribution is 6.04. The minimum Gasteiger partial charge on any atom is -0.468 e. The van der Waals surface area contributed by atoms with E-state index in [-0.39, 0.29) is 29.6 Å². The predicted octanol–water partition coefficient (Wildman–Crippen LogP) is 4.59. The van der Waals surface area contributed by atoms with Crippen LogP contribution in [0.15, 0.2) is 46.6 Å². The number of nitrogens with zero attached hydrogens (tertiary/aromatic N) is 4. The fourth-order valence-electron chi connectivity index (χ4n) is 2.84. The molecule has 0 aromatic carbocycles. The third-order valence-electron chi connectivity index (χ3n) is 4.44. The van der Waals surface area contributed by atoms with E-state index in [4.69, 9.17) is 4.74 Å². The Morgan fingerprint density at radius 3 is 2.61 bits per heavy atom. The van der Waals surface area contributed by atoms with E-state index in [0.717, 1.165) is 5.57 Å². The molecule has 7 nitrogen and oxygen atoms in total. The summed E-state index contributed by atoms with van der Waals surface area (Å²) in [5, 5.41) is 7.94. The molecule has 0 spiro atoms. The smallest absolute Gasteiger partial charge is 0.422 e. The summed E-state index contributed by atoms with van der Waals surface area (Å²) in [6.45, 7) is 10.8. The number of ether oxygens (including phenoxy) is 1. The number of alkyl halides is 3. The molecule has 0 aliphatic heterocycles. The molecular formula is C21H26F3N5O2. The van der Waals surface area contributed by atoms with Crippen LogP contribution >= 0.6 is 0 Å². The number of carbonyl (C=O) groups excluding carboxylic acids is 1. The summed E-state index contributed by atoms with van der Waals surface area (Å²) in [6.07, 6.45) is 0.452. The number of nitrogens with one attached hydrogen (secondary N) is 1. The number of hydrogen-bond acceptors (Lipinski definition) is 5. The van der Waals surface area contributed by atoms with Gasteiger partial charge in [0.25, 0.3) is 5.91 Å². The topological polar surface area (TPSA) is 81.4 Å². The molecule has 1 amide bonds. The molecule has 1 unspecified atom stereocenters. The summed E-state index contributed by atoms with van der Waals surface area (Å²) in [4.78, 5) is 20.2. The van der Waals surface area contributed by atoms with Gasteiger partial charge in [0.2, 0.25) is 5.88 Å². The molecular weight excluding hydrogens is 411 g/mol. The lowest BCUT2D eigenvalue weighted by Crippen LogP contribution is -2.30. The summed E-state index contributed by atoms with van der Waals surface area (Å²) >= 11 is 0. The Bertz CT molecular complexity index is 1020. The number of allylic oxidation sites excluding steroid dienone is 3. The van der Waals surface area contributed by atoms with Crippen LogP contribution in [0, 0.1) is 0 Å². The molecule has 168 valence electrons. The molecule has 0 fully saturated rings. The Morgan fingerprint density at radius 1 is 1.35 bits per heavy atom. The second kappa shape index (κ2) is 9.76. The van der Waals surface area contributed by atoms with Crippen molar-refractivity contribution in [3.05, 3.63) is 47.3 Å². The molecule has 2 rings (SSSR count). The number of aromatic nitrogens is 3. The van der Waals surface area contributed by atoms with Gasteiger partial charge in [-0.3, -0.25) is 14.5 Å². The van der Waals surface area contributed by atoms with E-state index in [1.807, 2.05) is 27.7 Å². The van der Waals surface area contributed by atoms with Crippen molar-refractivity contribution < 1.29 is 22.7 Å². The summed E-state index contributed by atoms with van der Waals surface area (Å²) < 4.78 is 43.7. The van der Waals surface area contributed by atoms with Crippen molar-refractivity contribution in [2.75, 3.05) is 6.61 Å². The van der Waals surface area contributed by atoms with Crippen molar-refractivity contribution in [3.8, 4) is 0 Å². The van der Waals surface area contributed by atoms with Gasteiger partial charge < -0.3 is 10.1 Å². The number of pyridine rings is 1. The molecule has 0 bridgehead atoms. The first-order valence-electron chi connectivity index (χ1n) is 9.63. The van der Waals surface area contributed by atoms with E-state index in [1.54, 1.807) is 29.9 Å². The number of carbonyl (C=O) groups is 1. The van der Waals surface area contributed by atoms with Crippen LogP contribution in [-0.2, 0) is 4.74 Å². The van der Waals surface area contributed by atoms with E-state index < -0.39 is 12.8 Å². The zero-order valence-corrected chi connectivity index (χ0v) is 18.1. The molecule has 0 aliphatic rings. The van der Waals surface area contributed by atoms with E-state index in [2.05, 4.69) is 27.1 Å². The summed E-state index contributed by atoms with van der Waals surface area (Å²) in [5.41, 5.74) is 2.08. The van der Waals surface area contributed by atoms with E-state index in [0.29, 0.717) is 16.5 Å². The number of amides is 1. The maximum Gasteiger partial charge on any atom is 0.422 e. The summed E-state index contributed by atoms with van der Waals surface area (Å²) in [7, 11) is 0. The predicted molar refractivity (Wildman–Crippen MR) is 113 cm³/mol. The first-order valence-corrected chi connectivity index (χ1v) is 9.63. The third-order valence-corrected chi connectivity index (χ3v) is 4.44.